The molecular formula is C26H26BrOP. The van der Waals surface area contributed by atoms with Crippen molar-refractivity contribution in [2.24, 2.45) is 0 Å². The van der Waals surface area contributed by atoms with E-state index >= 15 is 0 Å². The number of benzene rings is 3. The van der Waals surface area contributed by atoms with Crippen molar-refractivity contribution in [2.45, 2.75) is 26.9 Å². The predicted molar refractivity (Wildman–Crippen MR) is 131 cm³/mol. The van der Waals surface area contributed by atoms with Gasteiger partial charge in [-0.05, 0) is 0 Å². The third-order valence-electron chi connectivity index (χ3n) is 6.05. The molecule has 0 aliphatic rings. The number of halogens is 1. The van der Waals surface area contributed by atoms with E-state index in [4.69, 9.17) is 4.42 Å². The SMILES string of the molecule is Cc1oc(C)c(CP(Br)(c2ccccc2)(c2ccccc2)c2ccccc2)c1C. The number of hydrogen-bond donors (Lipinski definition) is 0. The van der Waals surface area contributed by atoms with Gasteiger partial charge in [-0.15, -0.1) is 0 Å². The van der Waals surface area contributed by atoms with Crippen molar-refractivity contribution in [1.29, 1.82) is 0 Å². The zero-order chi connectivity index (χ0) is 20.5. The van der Waals surface area contributed by atoms with Gasteiger partial charge in [0.15, 0.2) is 0 Å². The zero-order valence-corrected chi connectivity index (χ0v) is 19.6. The van der Waals surface area contributed by atoms with Crippen LogP contribution >= 0.6 is 20.8 Å². The van der Waals surface area contributed by atoms with Crippen molar-refractivity contribution in [1.82, 2.24) is 0 Å². The van der Waals surface area contributed by atoms with E-state index in [1.807, 2.05) is 0 Å². The molecule has 0 unspecified atom stereocenters. The summed E-state index contributed by atoms with van der Waals surface area (Å²) in [6.45, 7) is 6.32. The molecule has 0 radical (unpaired) electrons. The minimum absolute atomic E-state index is 0.874. The molecule has 0 aliphatic carbocycles. The standard InChI is InChI=1S/C26H26BrOP/c1-20-21(2)28-22(3)26(20)19-29(27,23-13-7-4-8-14-23,24-15-9-5-10-16-24)25-17-11-6-12-18-25/h4-18H,19H2,1-3H3. The Hall–Kier alpha value is -2.15. The minimum atomic E-state index is -2.98. The fourth-order valence-corrected chi connectivity index (χ4v) is 12.1. The van der Waals surface area contributed by atoms with Crippen LogP contribution in [0.4, 0.5) is 0 Å². The molecule has 29 heavy (non-hydrogen) atoms. The summed E-state index contributed by atoms with van der Waals surface area (Å²) in [5.74, 6) is 2.01. The monoisotopic (exact) mass is 464 g/mol. The second kappa shape index (κ2) is 7.59. The normalized spacial score (nSPS) is 13.0. The third-order valence-corrected chi connectivity index (χ3v) is 15.5. The van der Waals surface area contributed by atoms with E-state index < -0.39 is 5.31 Å². The molecule has 4 aromatic rings. The van der Waals surface area contributed by atoms with Crippen molar-refractivity contribution >= 4 is 36.7 Å². The van der Waals surface area contributed by atoms with Gasteiger partial charge in [0.25, 0.3) is 0 Å². The van der Waals surface area contributed by atoms with E-state index in [2.05, 4.69) is 127 Å². The van der Waals surface area contributed by atoms with Crippen LogP contribution in [0.3, 0.4) is 0 Å². The van der Waals surface area contributed by atoms with Crippen molar-refractivity contribution in [2.75, 3.05) is 0 Å². The quantitative estimate of drug-likeness (QED) is 0.305. The average Bonchev–Trinajstić information content (AvgIpc) is 3.01. The Labute approximate surface area is 181 Å². The summed E-state index contributed by atoms with van der Waals surface area (Å²) < 4.78 is 6.04. The molecule has 0 saturated heterocycles. The van der Waals surface area contributed by atoms with Crippen LogP contribution in [0, 0.1) is 20.8 Å². The summed E-state index contributed by atoms with van der Waals surface area (Å²) in [7, 11) is 0. The first-order valence-corrected chi connectivity index (χ1v) is 14.3. The molecule has 148 valence electrons. The molecule has 0 aliphatic heterocycles. The number of furan rings is 1. The first-order chi connectivity index (χ1) is 13.9. The van der Waals surface area contributed by atoms with Crippen LogP contribution in [0.15, 0.2) is 95.4 Å². The van der Waals surface area contributed by atoms with Crippen molar-refractivity contribution in [3.63, 3.8) is 0 Å². The van der Waals surface area contributed by atoms with Gasteiger partial charge in [-0.3, -0.25) is 0 Å². The van der Waals surface area contributed by atoms with Crippen LogP contribution in [0.2, 0.25) is 0 Å². The Kier molecular flexibility index (Phi) is 5.27. The van der Waals surface area contributed by atoms with Crippen LogP contribution in [-0.2, 0) is 6.16 Å². The summed E-state index contributed by atoms with van der Waals surface area (Å²) in [4.78, 5) is 0. The van der Waals surface area contributed by atoms with Crippen LogP contribution in [0.5, 0.6) is 0 Å². The molecule has 0 spiro atoms. The molecule has 0 amide bonds. The zero-order valence-electron chi connectivity index (χ0n) is 17.1. The second-order valence-corrected chi connectivity index (χ2v) is 16.6. The van der Waals surface area contributed by atoms with E-state index in [0.29, 0.717) is 0 Å². The number of aryl methyl sites for hydroxylation is 2. The van der Waals surface area contributed by atoms with Gasteiger partial charge >= 0.3 is 182 Å². The Balaban J connectivity index is 2.13. The summed E-state index contributed by atoms with van der Waals surface area (Å²) in [5, 5.41) is 1.00. The topological polar surface area (TPSA) is 13.1 Å². The fraction of sp³-hybridized carbons (Fsp3) is 0.154. The van der Waals surface area contributed by atoms with Gasteiger partial charge in [0.2, 0.25) is 0 Å². The molecule has 4 rings (SSSR count). The number of rotatable bonds is 5. The molecule has 3 heteroatoms. The van der Waals surface area contributed by atoms with E-state index in [0.717, 1.165) is 17.7 Å². The fourth-order valence-electron chi connectivity index (χ4n) is 4.31. The molecule has 1 nitrogen and oxygen atoms in total. The Morgan fingerprint density at radius 3 is 1.31 bits per heavy atom. The first kappa shape index (κ1) is 20.1. The summed E-state index contributed by atoms with van der Waals surface area (Å²) >= 11 is 4.52. The summed E-state index contributed by atoms with van der Waals surface area (Å²) in [6, 6.07) is 32.7. The summed E-state index contributed by atoms with van der Waals surface area (Å²) in [6.07, 6.45) is 0.874. The molecule has 0 atom stereocenters. The average molecular weight is 465 g/mol. The van der Waals surface area contributed by atoms with Gasteiger partial charge in [-0.2, -0.15) is 0 Å². The van der Waals surface area contributed by atoms with Gasteiger partial charge in [0, 0.05) is 0 Å². The number of hydrogen-bond acceptors (Lipinski definition) is 1. The van der Waals surface area contributed by atoms with Gasteiger partial charge in [-0.25, -0.2) is 0 Å². The molecule has 0 N–H and O–H groups in total. The molecular weight excluding hydrogens is 439 g/mol. The maximum absolute atomic E-state index is 6.04. The van der Waals surface area contributed by atoms with Crippen LogP contribution < -0.4 is 15.9 Å². The van der Waals surface area contributed by atoms with E-state index in [-0.39, 0.29) is 0 Å². The van der Waals surface area contributed by atoms with E-state index in [1.54, 1.807) is 0 Å². The van der Waals surface area contributed by atoms with Gasteiger partial charge in [0.05, 0.1) is 0 Å². The van der Waals surface area contributed by atoms with Gasteiger partial charge in [-0.1, -0.05) is 0 Å². The van der Waals surface area contributed by atoms with Crippen LogP contribution in [0.25, 0.3) is 0 Å². The second-order valence-electron chi connectivity index (χ2n) is 7.67. The van der Waals surface area contributed by atoms with Crippen LogP contribution in [0.1, 0.15) is 22.6 Å². The van der Waals surface area contributed by atoms with Crippen LogP contribution in [-0.4, -0.2) is 0 Å². The van der Waals surface area contributed by atoms with Gasteiger partial charge in [0.1, 0.15) is 0 Å². The Bertz CT molecular complexity index is 1020. The molecule has 3 aromatic carbocycles. The predicted octanol–water partition coefficient (Wildman–Crippen LogP) is 6.54. The Morgan fingerprint density at radius 2 is 1.00 bits per heavy atom. The van der Waals surface area contributed by atoms with Crippen molar-refractivity contribution < 1.29 is 4.42 Å². The van der Waals surface area contributed by atoms with E-state index in [1.165, 1.54) is 27.0 Å². The molecule has 0 fully saturated rings. The van der Waals surface area contributed by atoms with Gasteiger partial charge < -0.3 is 0 Å². The summed E-state index contributed by atoms with van der Waals surface area (Å²) in [5.41, 5.74) is 2.55. The Morgan fingerprint density at radius 1 is 0.621 bits per heavy atom. The molecule has 0 saturated carbocycles. The maximum atomic E-state index is 6.04. The first-order valence-electron chi connectivity index (χ1n) is 9.90. The van der Waals surface area contributed by atoms with E-state index in [9.17, 15) is 0 Å². The van der Waals surface area contributed by atoms with Crippen molar-refractivity contribution in [3.8, 4) is 0 Å². The van der Waals surface area contributed by atoms with Crippen molar-refractivity contribution in [3.05, 3.63) is 114 Å². The molecule has 0 bridgehead atoms. The third kappa shape index (κ3) is 3.19. The molecule has 1 heterocycles. The molecule has 1 aromatic heterocycles.